The Morgan fingerprint density at radius 3 is 2.41 bits per heavy atom. The van der Waals surface area contributed by atoms with Crippen molar-refractivity contribution in [3.8, 4) is 22.5 Å². The fraction of sp³-hybridized carbons (Fsp3) is 0.355. The number of allylic oxidation sites excluding steroid dienone is 2. The van der Waals surface area contributed by atoms with Gasteiger partial charge in [-0.15, -0.1) is 0 Å². The molecular weight excluding hydrogens is 464 g/mol. The van der Waals surface area contributed by atoms with Gasteiger partial charge < -0.3 is 19.7 Å². The first-order chi connectivity index (χ1) is 18.0. The molecule has 0 spiro atoms. The van der Waals surface area contributed by atoms with Gasteiger partial charge in [0.15, 0.2) is 5.76 Å². The van der Waals surface area contributed by atoms with Crippen LogP contribution < -0.4 is 5.32 Å². The van der Waals surface area contributed by atoms with Gasteiger partial charge >= 0.3 is 5.97 Å². The molecule has 1 atom stereocenters. The van der Waals surface area contributed by atoms with Gasteiger partial charge in [0.2, 0.25) is 0 Å². The fourth-order valence-electron chi connectivity index (χ4n) is 5.10. The van der Waals surface area contributed by atoms with Crippen LogP contribution in [0.25, 0.3) is 22.5 Å². The molecule has 2 aromatic carbocycles. The van der Waals surface area contributed by atoms with Crippen LogP contribution in [-0.4, -0.2) is 29.4 Å². The second-order valence-electron chi connectivity index (χ2n) is 9.90. The number of nitrogens with one attached hydrogen (secondary N) is 1. The average molecular weight is 499 g/mol. The van der Waals surface area contributed by atoms with Crippen molar-refractivity contribution in [2.45, 2.75) is 57.5 Å². The number of aliphatic hydroxyl groups is 1. The fourth-order valence-corrected chi connectivity index (χ4v) is 5.10. The summed E-state index contributed by atoms with van der Waals surface area (Å²) in [6, 6.07) is 16.3. The summed E-state index contributed by atoms with van der Waals surface area (Å²) >= 11 is 0. The molecule has 1 saturated carbocycles. The highest BCUT2D eigenvalue weighted by atomic mass is 16.5. The zero-order valence-electron chi connectivity index (χ0n) is 21.5. The van der Waals surface area contributed by atoms with Gasteiger partial charge in [-0.25, -0.2) is 0 Å². The van der Waals surface area contributed by atoms with Crippen molar-refractivity contribution in [3.05, 3.63) is 89.3 Å². The molecule has 0 bridgehead atoms. The monoisotopic (exact) mass is 498 g/mol. The summed E-state index contributed by atoms with van der Waals surface area (Å²) in [4.78, 5) is 12.4. The summed E-state index contributed by atoms with van der Waals surface area (Å²) in [5, 5.41) is 18.3. The van der Waals surface area contributed by atoms with E-state index in [0.29, 0.717) is 18.8 Å². The van der Waals surface area contributed by atoms with E-state index in [-0.39, 0.29) is 5.97 Å². The number of carbonyl (C=O) groups is 1. The highest BCUT2D eigenvalue weighted by Crippen LogP contribution is 2.49. The van der Waals surface area contributed by atoms with Gasteiger partial charge in [-0.1, -0.05) is 59.8 Å². The first-order valence-electron chi connectivity index (χ1n) is 13.1. The van der Waals surface area contributed by atoms with E-state index in [1.807, 2.05) is 56.4 Å². The number of aromatic nitrogens is 1. The number of aryl methyl sites for hydroxylation is 1. The summed E-state index contributed by atoms with van der Waals surface area (Å²) < 4.78 is 11.0. The molecule has 1 aromatic heterocycles. The highest BCUT2D eigenvalue weighted by molar-refractivity contribution is 5.87. The standard InChI is InChI=1S/C31H34N2O4/c1-3-36-30(35)31(17-18-31)26-13-11-24(12-14-26)23-7-9-25(10-8-23)29-28(21(2)33-37-29)27(34)6-4-5-22-15-19-32-20-16-22/h7-16,19,27,32,34H,3-6,17-18,20H2,1-2H3. The molecule has 2 heterocycles. The van der Waals surface area contributed by atoms with E-state index in [1.165, 1.54) is 5.57 Å². The molecule has 0 saturated heterocycles. The summed E-state index contributed by atoms with van der Waals surface area (Å²) in [5.41, 5.74) is 6.38. The molecule has 2 aliphatic rings. The van der Waals surface area contributed by atoms with Gasteiger partial charge in [0, 0.05) is 12.1 Å². The second kappa shape index (κ2) is 10.8. The first-order valence-corrected chi connectivity index (χ1v) is 13.1. The van der Waals surface area contributed by atoms with Crippen molar-refractivity contribution in [1.29, 1.82) is 0 Å². The molecule has 6 heteroatoms. The SMILES string of the molecule is CCOC(=O)C1(c2ccc(-c3ccc(-c4onc(C)c4C(O)CCCC4=CCNC=C4)cc3)cc2)CC1. The van der Waals surface area contributed by atoms with Crippen LogP contribution in [0.5, 0.6) is 0 Å². The van der Waals surface area contributed by atoms with Gasteiger partial charge in [-0.2, -0.15) is 0 Å². The van der Waals surface area contributed by atoms with E-state index < -0.39 is 11.5 Å². The van der Waals surface area contributed by atoms with E-state index >= 15 is 0 Å². The summed E-state index contributed by atoms with van der Waals surface area (Å²) in [5.74, 6) is 0.505. The number of hydrogen-bond acceptors (Lipinski definition) is 6. The summed E-state index contributed by atoms with van der Waals surface area (Å²) in [7, 11) is 0. The zero-order valence-corrected chi connectivity index (χ0v) is 21.5. The lowest BCUT2D eigenvalue weighted by Gasteiger charge is -2.15. The number of nitrogens with zero attached hydrogens (tertiary/aromatic N) is 1. The van der Waals surface area contributed by atoms with E-state index in [9.17, 15) is 9.90 Å². The third-order valence-corrected chi connectivity index (χ3v) is 7.42. The lowest BCUT2D eigenvalue weighted by Crippen LogP contribution is -2.23. The van der Waals surface area contributed by atoms with E-state index in [2.05, 4.69) is 34.8 Å². The first kappa shape index (κ1) is 25.0. The maximum Gasteiger partial charge on any atom is 0.316 e. The Kier molecular flexibility index (Phi) is 7.28. The Morgan fingerprint density at radius 2 is 1.78 bits per heavy atom. The molecule has 5 rings (SSSR count). The van der Waals surface area contributed by atoms with E-state index in [0.717, 1.165) is 65.7 Å². The normalized spacial score (nSPS) is 16.6. The number of dihydropyridines is 1. The van der Waals surface area contributed by atoms with Crippen molar-refractivity contribution in [3.63, 3.8) is 0 Å². The third-order valence-electron chi connectivity index (χ3n) is 7.42. The minimum absolute atomic E-state index is 0.118. The zero-order chi connectivity index (χ0) is 25.8. The van der Waals surface area contributed by atoms with Crippen LogP contribution in [0.15, 0.2) is 77.0 Å². The molecule has 2 N–H and O–H groups in total. The molecular formula is C31H34N2O4. The number of hydrogen-bond donors (Lipinski definition) is 2. The summed E-state index contributed by atoms with van der Waals surface area (Å²) in [6.45, 7) is 4.99. The molecule has 0 radical (unpaired) electrons. The van der Waals surface area contributed by atoms with Crippen molar-refractivity contribution in [2.75, 3.05) is 13.2 Å². The minimum Gasteiger partial charge on any atom is -0.465 e. The Labute approximate surface area is 218 Å². The number of ether oxygens (including phenoxy) is 1. The quantitative estimate of drug-likeness (QED) is 0.326. The smallest absolute Gasteiger partial charge is 0.316 e. The van der Waals surface area contributed by atoms with Gasteiger partial charge in [0.1, 0.15) is 0 Å². The Bertz CT molecular complexity index is 1300. The second-order valence-corrected chi connectivity index (χ2v) is 9.90. The predicted molar refractivity (Wildman–Crippen MR) is 144 cm³/mol. The number of esters is 1. The lowest BCUT2D eigenvalue weighted by molar-refractivity contribution is -0.146. The Balaban J connectivity index is 1.27. The number of rotatable bonds is 10. The minimum atomic E-state index is -0.631. The Morgan fingerprint density at radius 1 is 1.11 bits per heavy atom. The number of benzene rings is 2. The van der Waals surface area contributed by atoms with Crippen LogP contribution in [0.4, 0.5) is 0 Å². The Hall–Kier alpha value is -3.64. The molecule has 1 aliphatic carbocycles. The van der Waals surface area contributed by atoms with E-state index in [1.54, 1.807) is 0 Å². The highest BCUT2D eigenvalue weighted by Gasteiger charge is 2.52. The average Bonchev–Trinajstić information content (AvgIpc) is 3.66. The molecule has 1 unspecified atom stereocenters. The van der Waals surface area contributed by atoms with Crippen LogP contribution in [0.2, 0.25) is 0 Å². The van der Waals surface area contributed by atoms with Crippen molar-refractivity contribution < 1.29 is 19.2 Å². The van der Waals surface area contributed by atoms with Crippen molar-refractivity contribution in [1.82, 2.24) is 10.5 Å². The maximum absolute atomic E-state index is 12.4. The molecule has 3 aromatic rings. The number of carbonyl (C=O) groups excluding carboxylic acids is 1. The van der Waals surface area contributed by atoms with Crippen LogP contribution >= 0.6 is 0 Å². The van der Waals surface area contributed by atoms with Crippen molar-refractivity contribution in [2.24, 2.45) is 0 Å². The predicted octanol–water partition coefficient (Wildman–Crippen LogP) is 6.16. The molecule has 1 fully saturated rings. The van der Waals surface area contributed by atoms with Gasteiger partial charge in [0.25, 0.3) is 0 Å². The van der Waals surface area contributed by atoms with Gasteiger partial charge in [0.05, 0.1) is 29.4 Å². The molecule has 0 amide bonds. The van der Waals surface area contributed by atoms with Crippen LogP contribution in [-0.2, 0) is 14.9 Å². The molecule has 192 valence electrons. The largest absolute Gasteiger partial charge is 0.465 e. The molecule has 1 aliphatic heterocycles. The van der Waals surface area contributed by atoms with Gasteiger partial charge in [-0.05, 0) is 80.5 Å². The van der Waals surface area contributed by atoms with E-state index in [4.69, 9.17) is 9.26 Å². The third kappa shape index (κ3) is 5.25. The van der Waals surface area contributed by atoms with Crippen molar-refractivity contribution >= 4 is 5.97 Å². The van der Waals surface area contributed by atoms with Crippen LogP contribution in [0, 0.1) is 6.92 Å². The van der Waals surface area contributed by atoms with Crippen LogP contribution in [0.3, 0.4) is 0 Å². The maximum atomic E-state index is 12.4. The summed E-state index contributed by atoms with van der Waals surface area (Å²) in [6.07, 6.45) is 9.76. The molecule has 37 heavy (non-hydrogen) atoms. The topological polar surface area (TPSA) is 84.6 Å². The van der Waals surface area contributed by atoms with Gasteiger partial charge in [-0.3, -0.25) is 4.79 Å². The number of aliphatic hydroxyl groups excluding tert-OH is 1. The lowest BCUT2D eigenvalue weighted by atomic mass is 9.93. The molecule has 6 nitrogen and oxygen atoms in total. The van der Waals surface area contributed by atoms with Crippen LogP contribution in [0.1, 0.15) is 62.0 Å².